The van der Waals surface area contributed by atoms with Crippen LogP contribution in [0.4, 0.5) is 4.39 Å². The molecule has 1 N–H and O–H groups in total. The Morgan fingerprint density at radius 3 is 2.59 bits per heavy atom. The number of nitrogens with zero attached hydrogens (tertiary/aromatic N) is 1. The summed E-state index contributed by atoms with van der Waals surface area (Å²) in [6, 6.07) is 13.1. The van der Waals surface area contributed by atoms with Gasteiger partial charge in [-0.15, -0.1) is 0 Å². The van der Waals surface area contributed by atoms with Crippen molar-refractivity contribution in [3.63, 3.8) is 0 Å². The summed E-state index contributed by atoms with van der Waals surface area (Å²) in [6.07, 6.45) is 5.05. The molecule has 178 valence electrons. The number of rotatable bonds is 9. The monoisotopic (exact) mass is 484 g/mol. The van der Waals surface area contributed by atoms with Gasteiger partial charge < -0.3 is 9.47 Å². The van der Waals surface area contributed by atoms with E-state index in [2.05, 4.69) is 4.98 Å². The SMILES string of the molecule is Cc1cc(-c2cccc(OCc3ccc(C(=O)NS(C)(=O)=O)cc3F)c2)cnc1OCC1CC1. The number of carbonyl (C=O) groups is 1. The number of benzene rings is 2. The van der Waals surface area contributed by atoms with Crippen molar-refractivity contribution in [3.05, 3.63) is 77.2 Å². The largest absolute Gasteiger partial charge is 0.489 e. The molecule has 0 spiro atoms. The van der Waals surface area contributed by atoms with Gasteiger partial charge in [-0.1, -0.05) is 18.2 Å². The first-order valence-electron chi connectivity index (χ1n) is 10.8. The third-order valence-electron chi connectivity index (χ3n) is 5.34. The second-order valence-electron chi connectivity index (χ2n) is 8.43. The Labute approximate surface area is 198 Å². The number of amides is 1. The molecule has 7 nitrogen and oxygen atoms in total. The van der Waals surface area contributed by atoms with Crippen LogP contribution < -0.4 is 14.2 Å². The molecule has 1 aliphatic carbocycles. The maximum atomic E-state index is 14.5. The summed E-state index contributed by atoms with van der Waals surface area (Å²) in [5.41, 5.74) is 2.90. The molecule has 34 heavy (non-hydrogen) atoms. The Bertz CT molecular complexity index is 1320. The Morgan fingerprint density at radius 1 is 1.12 bits per heavy atom. The molecule has 2 aromatic carbocycles. The molecule has 9 heteroatoms. The maximum absolute atomic E-state index is 14.5. The number of carbonyl (C=O) groups excluding carboxylic acids is 1. The highest BCUT2D eigenvalue weighted by Gasteiger charge is 2.22. The number of hydrogen-bond donors (Lipinski definition) is 1. The van der Waals surface area contributed by atoms with Crippen LogP contribution in [0.1, 0.15) is 34.3 Å². The molecule has 1 fully saturated rings. The van der Waals surface area contributed by atoms with Crippen molar-refractivity contribution in [1.29, 1.82) is 0 Å². The van der Waals surface area contributed by atoms with Crippen molar-refractivity contribution >= 4 is 15.9 Å². The summed E-state index contributed by atoms with van der Waals surface area (Å²) in [5.74, 6) is 0.281. The average molecular weight is 485 g/mol. The number of hydrogen-bond acceptors (Lipinski definition) is 6. The minimum atomic E-state index is -3.74. The third-order valence-corrected chi connectivity index (χ3v) is 5.89. The molecule has 4 rings (SSSR count). The summed E-state index contributed by atoms with van der Waals surface area (Å²) in [7, 11) is -3.74. The lowest BCUT2D eigenvalue weighted by Gasteiger charge is -2.11. The number of halogens is 1. The molecule has 0 atom stereocenters. The van der Waals surface area contributed by atoms with Crippen molar-refractivity contribution in [2.45, 2.75) is 26.4 Å². The number of aryl methyl sites for hydroxylation is 1. The molecular formula is C25H25FN2O5S. The van der Waals surface area contributed by atoms with E-state index in [0.717, 1.165) is 29.0 Å². The van der Waals surface area contributed by atoms with E-state index in [1.165, 1.54) is 25.0 Å². The first-order chi connectivity index (χ1) is 16.2. The summed E-state index contributed by atoms with van der Waals surface area (Å²) in [4.78, 5) is 16.3. The average Bonchev–Trinajstić information content (AvgIpc) is 3.61. The lowest BCUT2D eigenvalue weighted by Crippen LogP contribution is -2.29. The fraction of sp³-hybridized carbons (Fsp3) is 0.280. The van der Waals surface area contributed by atoms with Gasteiger partial charge in [0.1, 0.15) is 18.2 Å². The molecule has 1 amide bonds. The van der Waals surface area contributed by atoms with Gasteiger partial charge in [0, 0.05) is 28.5 Å². The van der Waals surface area contributed by atoms with E-state index >= 15 is 0 Å². The maximum Gasteiger partial charge on any atom is 0.264 e. The highest BCUT2D eigenvalue weighted by Crippen LogP contribution is 2.31. The molecule has 1 saturated carbocycles. The van der Waals surface area contributed by atoms with Gasteiger partial charge in [0.25, 0.3) is 5.91 Å². The minimum absolute atomic E-state index is 0.0610. The van der Waals surface area contributed by atoms with E-state index in [-0.39, 0.29) is 17.7 Å². The van der Waals surface area contributed by atoms with E-state index in [0.29, 0.717) is 24.2 Å². The van der Waals surface area contributed by atoms with Crippen molar-refractivity contribution in [1.82, 2.24) is 9.71 Å². The molecular weight excluding hydrogens is 459 g/mol. The summed E-state index contributed by atoms with van der Waals surface area (Å²) in [5, 5.41) is 0. The first kappa shape index (κ1) is 23.7. The van der Waals surface area contributed by atoms with Crippen molar-refractivity contribution < 1.29 is 27.1 Å². The van der Waals surface area contributed by atoms with Gasteiger partial charge in [0.15, 0.2) is 0 Å². The summed E-state index contributed by atoms with van der Waals surface area (Å²) in [6.45, 7) is 2.60. The van der Waals surface area contributed by atoms with E-state index in [1.807, 2.05) is 31.2 Å². The highest BCUT2D eigenvalue weighted by atomic mass is 32.2. The predicted molar refractivity (Wildman–Crippen MR) is 126 cm³/mol. The molecule has 1 heterocycles. The fourth-order valence-electron chi connectivity index (χ4n) is 3.31. The van der Waals surface area contributed by atoms with Crippen molar-refractivity contribution in [2.24, 2.45) is 5.92 Å². The normalized spacial score (nSPS) is 13.4. The number of pyridine rings is 1. The quantitative estimate of drug-likeness (QED) is 0.488. The van der Waals surface area contributed by atoms with Crippen molar-refractivity contribution in [2.75, 3.05) is 12.9 Å². The Kier molecular flexibility index (Phi) is 6.83. The zero-order valence-corrected chi connectivity index (χ0v) is 19.7. The van der Waals surface area contributed by atoms with Crippen LogP contribution in [-0.2, 0) is 16.6 Å². The Morgan fingerprint density at radius 2 is 1.91 bits per heavy atom. The molecule has 1 aromatic heterocycles. The number of sulfonamides is 1. The van der Waals surface area contributed by atoms with Gasteiger partial charge in [0.05, 0.1) is 12.9 Å². The minimum Gasteiger partial charge on any atom is -0.489 e. The Hall–Kier alpha value is -3.46. The van der Waals surface area contributed by atoms with Gasteiger partial charge in [-0.05, 0) is 61.6 Å². The molecule has 0 bridgehead atoms. The van der Waals surface area contributed by atoms with Gasteiger partial charge in [-0.2, -0.15) is 0 Å². The lowest BCUT2D eigenvalue weighted by atomic mass is 10.1. The van der Waals surface area contributed by atoms with Gasteiger partial charge in [-0.3, -0.25) is 4.79 Å². The summed E-state index contributed by atoms with van der Waals surface area (Å²) < 4.78 is 50.2. The van der Waals surface area contributed by atoms with Gasteiger partial charge >= 0.3 is 0 Å². The molecule has 0 aliphatic heterocycles. The molecule has 0 radical (unpaired) electrons. The zero-order valence-electron chi connectivity index (χ0n) is 18.9. The second-order valence-corrected chi connectivity index (χ2v) is 10.2. The topological polar surface area (TPSA) is 94.6 Å². The first-order valence-corrected chi connectivity index (χ1v) is 12.7. The molecule has 0 saturated heterocycles. The molecule has 1 aliphatic rings. The van der Waals surface area contributed by atoms with Crippen LogP contribution in [0.15, 0.2) is 54.7 Å². The fourth-order valence-corrected chi connectivity index (χ4v) is 3.77. The van der Waals surface area contributed by atoms with Crippen LogP contribution in [0.25, 0.3) is 11.1 Å². The lowest BCUT2D eigenvalue weighted by molar-refractivity contribution is 0.0981. The predicted octanol–water partition coefficient (Wildman–Crippen LogP) is 4.25. The number of ether oxygens (including phenoxy) is 2. The standard InChI is InChI=1S/C25H25FN2O5S/c1-16-10-21(13-27-25(16)33-14-17-6-7-17)18-4-3-5-22(11-18)32-15-20-9-8-19(12-23(20)26)24(29)28-34(2,30)31/h3-5,8-13,17H,6-7,14-15H2,1-2H3,(H,28,29). The second kappa shape index (κ2) is 9.80. The van der Waals surface area contributed by atoms with E-state index in [4.69, 9.17) is 9.47 Å². The van der Waals surface area contributed by atoms with Crippen LogP contribution in [-0.4, -0.2) is 32.2 Å². The van der Waals surface area contributed by atoms with E-state index in [1.54, 1.807) is 17.0 Å². The van der Waals surface area contributed by atoms with Crippen LogP contribution in [0.3, 0.4) is 0 Å². The van der Waals surface area contributed by atoms with E-state index < -0.39 is 21.7 Å². The zero-order chi connectivity index (χ0) is 24.3. The van der Waals surface area contributed by atoms with Gasteiger partial charge in [-0.25, -0.2) is 22.5 Å². The third kappa shape index (κ3) is 6.32. The highest BCUT2D eigenvalue weighted by molar-refractivity contribution is 7.89. The number of aromatic nitrogens is 1. The molecule has 0 unspecified atom stereocenters. The van der Waals surface area contributed by atoms with Crippen LogP contribution in [0, 0.1) is 18.7 Å². The van der Waals surface area contributed by atoms with E-state index in [9.17, 15) is 17.6 Å². The van der Waals surface area contributed by atoms with Crippen LogP contribution in [0.5, 0.6) is 11.6 Å². The van der Waals surface area contributed by atoms with Gasteiger partial charge in [0.2, 0.25) is 15.9 Å². The van der Waals surface area contributed by atoms with Crippen LogP contribution in [0.2, 0.25) is 0 Å². The van der Waals surface area contributed by atoms with Crippen molar-refractivity contribution in [3.8, 4) is 22.8 Å². The Balaban J connectivity index is 1.42. The number of nitrogens with one attached hydrogen (secondary N) is 1. The smallest absolute Gasteiger partial charge is 0.264 e. The van der Waals surface area contributed by atoms with Crippen LogP contribution >= 0.6 is 0 Å². The summed E-state index contributed by atoms with van der Waals surface area (Å²) >= 11 is 0. The molecule has 3 aromatic rings.